The second kappa shape index (κ2) is 4.70. The first kappa shape index (κ1) is 10.5. The normalized spacial score (nSPS) is 14.9. The van der Waals surface area contributed by atoms with Gasteiger partial charge in [0.1, 0.15) is 0 Å². The molecule has 2 amide bonds. The Kier molecular flexibility index (Phi) is 3.10. The van der Waals surface area contributed by atoms with E-state index in [0.29, 0.717) is 12.2 Å². The summed E-state index contributed by atoms with van der Waals surface area (Å²) in [5, 5.41) is 2.84. The summed E-state index contributed by atoms with van der Waals surface area (Å²) in [5.41, 5.74) is 7.03. The highest BCUT2D eigenvalue weighted by Gasteiger charge is 2.13. The summed E-state index contributed by atoms with van der Waals surface area (Å²) in [7, 11) is 0. The van der Waals surface area contributed by atoms with Gasteiger partial charge in [0, 0.05) is 24.5 Å². The number of urea groups is 1. The predicted octanol–water partition coefficient (Wildman–Crippen LogP) is 2.06. The monoisotopic (exact) mass is 217 g/mol. The lowest BCUT2D eigenvalue weighted by Gasteiger charge is -2.23. The van der Waals surface area contributed by atoms with Gasteiger partial charge in [-0.15, -0.1) is 0 Å². The molecule has 1 aromatic carbocycles. The molecule has 1 aliphatic rings. The van der Waals surface area contributed by atoms with E-state index in [1.807, 2.05) is 6.08 Å². The minimum atomic E-state index is -0.0610. The van der Waals surface area contributed by atoms with E-state index < -0.39 is 0 Å². The van der Waals surface area contributed by atoms with E-state index in [1.165, 1.54) is 0 Å². The van der Waals surface area contributed by atoms with Crippen molar-refractivity contribution < 1.29 is 4.79 Å². The third kappa shape index (κ3) is 2.53. The zero-order chi connectivity index (χ0) is 11.4. The lowest BCUT2D eigenvalue weighted by atomic mass is 10.2. The van der Waals surface area contributed by atoms with E-state index in [-0.39, 0.29) is 6.03 Å². The molecule has 3 N–H and O–H groups in total. The molecular formula is C12H15N3O. The maximum absolute atomic E-state index is 11.8. The number of anilines is 2. The molecule has 1 heterocycles. The van der Waals surface area contributed by atoms with Crippen LogP contribution in [0.2, 0.25) is 0 Å². The summed E-state index contributed by atoms with van der Waals surface area (Å²) in [4.78, 5) is 13.6. The Balaban J connectivity index is 1.96. The van der Waals surface area contributed by atoms with Gasteiger partial charge in [-0.1, -0.05) is 12.2 Å². The molecule has 2 rings (SSSR count). The number of benzene rings is 1. The molecule has 0 saturated carbocycles. The first-order valence-electron chi connectivity index (χ1n) is 5.32. The number of nitrogen functional groups attached to an aromatic ring is 1. The fraction of sp³-hybridized carbons (Fsp3) is 0.250. The van der Waals surface area contributed by atoms with Gasteiger partial charge >= 0.3 is 6.03 Å². The molecule has 0 fully saturated rings. The molecule has 0 aromatic heterocycles. The van der Waals surface area contributed by atoms with Gasteiger partial charge in [0.25, 0.3) is 0 Å². The van der Waals surface area contributed by atoms with Gasteiger partial charge in [0.05, 0.1) is 0 Å². The molecule has 0 aliphatic carbocycles. The van der Waals surface area contributed by atoms with Crippen molar-refractivity contribution in [2.75, 3.05) is 24.1 Å². The lowest BCUT2D eigenvalue weighted by Crippen LogP contribution is -2.37. The standard InChI is InChI=1S/C12H15N3O/c13-10-4-6-11(7-5-10)14-12(16)15-8-2-1-3-9-15/h1-2,4-7H,3,8-9,13H2,(H,14,16). The van der Waals surface area contributed by atoms with E-state index in [0.717, 1.165) is 18.7 Å². The van der Waals surface area contributed by atoms with Crippen LogP contribution in [-0.4, -0.2) is 24.0 Å². The van der Waals surface area contributed by atoms with E-state index in [9.17, 15) is 4.79 Å². The highest BCUT2D eigenvalue weighted by Crippen LogP contribution is 2.12. The fourth-order valence-corrected chi connectivity index (χ4v) is 1.59. The largest absolute Gasteiger partial charge is 0.399 e. The molecule has 0 bridgehead atoms. The van der Waals surface area contributed by atoms with Crippen LogP contribution in [-0.2, 0) is 0 Å². The second-order valence-electron chi connectivity index (χ2n) is 3.76. The van der Waals surface area contributed by atoms with Crippen molar-refractivity contribution in [3.63, 3.8) is 0 Å². The third-order valence-corrected chi connectivity index (χ3v) is 2.51. The quantitative estimate of drug-likeness (QED) is 0.558. The van der Waals surface area contributed by atoms with Crippen LogP contribution in [0.3, 0.4) is 0 Å². The highest BCUT2D eigenvalue weighted by atomic mass is 16.2. The molecule has 16 heavy (non-hydrogen) atoms. The van der Waals surface area contributed by atoms with Gasteiger partial charge in [-0.25, -0.2) is 4.79 Å². The van der Waals surface area contributed by atoms with Gasteiger partial charge in [-0.2, -0.15) is 0 Å². The molecule has 0 radical (unpaired) electrons. The summed E-state index contributed by atoms with van der Waals surface area (Å²) in [6.45, 7) is 1.46. The van der Waals surface area contributed by atoms with Crippen molar-refractivity contribution in [1.82, 2.24) is 4.90 Å². The Bertz CT molecular complexity index is 397. The predicted molar refractivity (Wildman–Crippen MR) is 65.2 cm³/mol. The minimum Gasteiger partial charge on any atom is -0.399 e. The topological polar surface area (TPSA) is 58.4 Å². The zero-order valence-corrected chi connectivity index (χ0v) is 9.02. The van der Waals surface area contributed by atoms with Crippen LogP contribution in [0.25, 0.3) is 0 Å². The van der Waals surface area contributed by atoms with Crippen LogP contribution in [0, 0.1) is 0 Å². The Morgan fingerprint density at radius 3 is 2.62 bits per heavy atom. The number of carbonyl (C=O) groups is 1. The summed E-state index contributed by atoms with van der Waals surface area (Å²) >= 11 is 0. The van der Waals surface area contributed by atoms with Crippen molar-refractivity contribution in [2.24, 2.45) is 0 Å². The van der Waals surface area contributed by atoms with Gasteiger partial charge < -0.3 is 16.0 Å². The van der Waals surface area contributed by atoms with Gasteiger partial charge in [0.2, 0.25) is 0 Å². The Morgan fingerprint density at radius 1 is 1.25 bits per heavy atom. The molecular weight excluding hydrogens is 202 g/mol. The average Bonchev–Trinajstić information content (AvgIpc) is 2.33. The maximum Gasteiger partial charge on any atom is 0.322 e. The van der Waals surface area contributed by atoms with Crippen molar-refractivity contribution >= 4 is 17.4 Å². The lowest BCUT2D eigenvalue weighted by molar-refractivity contribution is 0.216. The van der Waals surface area contributed by atoms with Gasteiger partial charge in [-0.3, -0.25) is 0 Å². The molecule has 1 aliphatic heterocycles. The van der Waals surface area contributed by atoms with Crippen molar-refractivity contribution in [3.8, 4) is 0 Å². The van der Waals surface area contributed by atoms with Crippen LogP contribution < -0.4 is 11.1 Å². The van der Waals surface area contributed by atoms with E-state index in [2.05, 4.69) is 11.4 Å². The summed E-state index contributed by atoms with van der Waals surface area (Å²) in [6.07, 6.45) is 5.02. The number of nitrogens with zero attached hydrogens (tertiary/aromatic N) is 1. The maximum atomic E-state index is 11.8. The smallest absolute Gasteiger partial charge is 0.322 e. The third-order valence-electron chi connectivity index (χ3n) is 2.51. The molecule has 4 nitrogen and oxygen atoms in total. The first-order chi connectivity index (χ1) is 7.75. The number of nitrogens with two attached hydrogens (primary N) is 1. The number of amides is 2. The summed E-state index contributed by atoms with van der Waals surface area (Å²) < 4.78 is 0. The van der Waals surface area contributed by atoms with Crippen molar-refractivity contribution in [3.05, 3.63) is 36.4 Å². The van der Waals surface area contributed by atoms with E-state index >= 15 is 0 Å². The molecule has 1 aromatic rings. The number of hydrogen-bond acceptors (Lipinski definition) is 2. The molecule has 4 heteroatoms. The molecule has 0 spiro atoms. The number of hydrogen-bond donors (Lipinski definition) is 2. The Labute approximate surface area is 94.7 Å². The molecule has 0 saturated heterocycles. The fourth-order valence-electron chi connectivity index (χ4n) is 1.59. The van der Waals surface area contributed by atoms with Crippen LogP contribution in [0.1, 0.15) is 6.42 Å². The van der Waals surface area contributed by atoms with E-state index in [1.54, 1.807) is 29.2 Å². The zero-order valence-electron chi connectivity index (χ0n) is 9.02. The first-order valence-corrected chi connectivity index (χ1v) is 5.32. The SMILES string of the molecule is Nc1ccc(NC(=O)N2CC=CCC2)cc1. The van der Waals surface area contributed by atoms with Crippen LogP contribution in [0.4, 0.5) is 16.2 Å². The van der Waals surface area contributed by atoms with Gasteiger partial charge in [0.15, 0.2) is 0 Å². The molecule has 0 unspecified atom stereocenters. The van der Waals surface area contributed by atoms with Crippen molar-refractivity contribution in [2.45, 2.75) is 6.42 Å². The van der Waals surface area contributed by atoms with Crippen molar-refractivity contribution in [1.29, 1.82) is 0 Å². The number of rotatable bonds is 1. The number of nitrogens with one attached hydrogen (secondary N) is 1. The minimum absolute atomic E-state index is 0.0610. The highest BCUT2D eigenvalue weighted by molar-refractivity contribution is 5.89. The Morgan fingerprint density at radius 2 is 2.00 bits per heavy atom. The van der Waals surface area contributed by atoms with Crippen LogP contribution in [0.15, 0.2) is 36.4 Å². The summed E-state index contributed by atoms with van der Waals surface area (Å²) in [5.74, 6) is 0. The average molecular weight is 217 g/mol. The molecule has 84 valence electrons. The van der Waals surface area contributed by atoms with E-state index in [4.69, 9.17) is 5.73 Å². The molecule has 0 atom stereocenters. The van der Waals surface area contributed by atoms with Gasteiger partial charge in [-0.05, 0) is 30.7 Å². The number of carbonyl (C=O) groups excluding carboxylic acids is 1. The summed E-state index contributed by atoms with van der Waals surface area (Å²) in [6, 6.07) is 7.08. The van der Waals surface area contributed by atoms with Crippen LogP contribution >= 0.6 is 0 Å². The van der Waals surface area contributed by atoms with Crippen LogP contribution in [0.5, 0.6) is 0 Å². The Hall–Kier alpha value is -1.97. The second-order valence-corrected chi connectivity index (χ2v) is 3.76.